The van der Waals surface area contributed by atoms with E-state index in [9.17, 15) is 4.79 Å². The number of hydrogen-bond acceptors (Lipinski definition) is 2. The smallest absolute Gasteiger partial charge is 0.254 e. The Bertz CT molecular complexity index is 1250. The summed E-state index contributed by atoms with van der Waals surface area (Å²) in [4.78, 5) is 19.9. The highest BCUT2D eigenvalue weighted by atomic mass is 35.5. The summed E-state index contributed by atoms with van der Waals surface area (Å²) in [5, 5.41) is 1.48. The van der Waals surface area contributed by atoms with E-state index in [0.29, 0.717) is 23.8 Å². The van der Waals surface area contributed by atoms with Gasteiger partial charge in [-0.3, -0.25) is 4.79 Å². The second kappa shape index (κ2) is 8.91. The fourth-order valence-corrected chi connectivity index (χ4v) is 4.15. The number of amides is 1. The Morgan fingerprint density at radius 1 is 0.871 bits per heavy atom. The molecule has 1 aromatic heterocycles. The van der Waals surface area contributed by atoms with Crippen molar-refractivity contribution < 1.29 is 4.79 Å². The molecule has 0 bridgehead atoms. The minimum absolute atomic E-state index is 0.0239. The highest BCUT2D eigenvalue weighted by Crippen LogP contribution is 2.26. The first-order valence-electron chi connectivity index (χ1n) is 10.4. The average Bonchev–Trinajstić information content (AvgIpc) is 2.74. The molecule has 0 fully saturated rings. The number of halogens is 1. The van der Waals surface area contributed by atoms with Crippen molar-refractivity contribution in [1.29, 1.82) is 0 Å². The van der Waals surface area contributed by atoms with Gasteiger partial charge in [-0.25, -0.2) is 4.98 Å². The standard InChI is InChI=1S/C27H25ClN2O/c1-18-8-7-11-22(13-18)27(31)30(16-21-9-5-4-6-10-21)17-24-15-23-14-19(2)12-20(3)25(23)29-26(24)28/h4-15H,16-17H2,1-3H3. The van der Waals surface area contributed by atoms with Crippen molar-refractivity contribution in [3.8, 4) is 0 Å². The van der Waals surface area contributed by atoms with Crippen molar-refractivity contribution in [1.82, 2.24) is 9.88 Å². The summed E-state index contributed by atoms with van der Waals surface area (Å²) in [5.41, 5.74) is 6.82. The lowest BCUT2D eigenvalue weighted by atomic mass is 10.0. The number of fused-ring (bicyclic) bond motifs is 1. The molecule has 0 aliphatic heterocycles. The normalized spacial score (nSPS) is 11.0. The first-order chi connectivity index (χ1) is 14.9. The molecule has 4 rings (SSSR count). The number of aromatic nitrogens is 1. The van der Waals surface area contributed by atoms with E-state index in [4.69, 9.17) is 11.6 Å². The molecule has 0 spiro atoms. The van der Waals surface area contributed by atoms with Crippen LogP contribution in [-0.2, 0) is 13.1 Å². The summed E-state index contributed by atoms with van der Waals surface area (Å²) >= 11 is 6.59. The Hall–Kier alpha value is -3.17. The Labute approximate surface area is 188 Å². The first kappa shape index (κ1) is 21.1. The largest absolute Gasteiger partial charge is 0.330 e. The SMILES string of the molecule is Cc1cccc(C(=O)N(Cc2ccccc2)Cc2cc3cc(C)cc(C)c3nc2Cl)c1. The molecule has 0 atom stereocenters. The van der Waals surface area contributed by atoms with Gasteiger partial charge >= 0.3 is 0 Å². The Morgan fingerprint density at radius 3 is 2.39 bits per heavy atom. The van der Waals surface area contributed by atoms with E-state index in [2.05, 4.69) is 30.1 Å². The molecule has 4 heteroatoms. The van der Waals surface area contributed by atoms with E-state index < -0.39 is 0 Å². The molecule has 0 aliphatic rings. The van der Waals surface area contributed by atoms with Crippen LogP contribution in [0.15, 0.2) is 72.8 Å². The maximum atomic E-state index is 13.5. The molecule has 1 heterocycles. The lowest BCUT2D eigenvalue weighted by Gasteiger charge is -2.24. The van der Waals surface area contributed by atoms with Crippen LogP contribution in [0.4, 0.5) is 0 Å². The Morgan fingerprint density at radius 2 is 1.65 bits per heavy atom. The quantitative estimate of drug-likeness (QED) is 0.333. The second-order valence-electron chi connectivity index (χ2n) is 8.11. The maximum Gasteiger partial charge on any atom is 0.254 e. The number of pyridine rings is 1. The Kier molecular flexibility index (Phi) is 6.06. The lowest BCUT2D eigenvalue weighted by Crippen LogP contribution is -2.30. The van der Waals surface area contributed by atoms with Crippen LogP contribution in [0.2, 0.25) is 5.15 Å². The molecule has 156 valence electrons. The minimum atomic E-state index is -0.0239. The van der Waals surface area contributed by atoms with Gasteiger partial charge in [0.05, 0.1) is 5.52 Å². The molecule has 0 saturated carbocycles. The molecule has 0 N–H and O–H groups in total. The van der Waals surface area contributed by atoms with Gasteiger partial charge in [-0.1, -0.05) is 71.3 Å². The maximum absolute atomic E-state index is 13.5. The second-order valence-corrected chi connectivity index (χ2v) is 8.47. The predicted molar refractivity (Wildman–Crippen MR) is 127 cm³/mol. The molecule has 0 saturated heterocycles. The topological polar surface area (TPSA) is 33.2 Å². The summed E-state index contributed by atoms with van der Waals surface area (Å²) in [6.07, 6.45) is 0. The van der Waals surface area contributed by atoms with Crippen molar-refractivity contribution in [2.45, 2.75) is 33.9 Å². The van der Waals surface area contributed by atoms with Crippen LogP contribution < -0.4 is 0 Å². The molecule has 0 aliphatic carbocycles. The van der Waals surface area contributed by atoms with E-state index in [1.807, 2.05) is 73.3 Å². The fraction of sp³-hybridized carbons (Fsp3) is 0.185. The van der Waals surface area contributed by atoms with E-state index in [0.717, 1.165) is 33.2 Å². The van der Waals surface area contributed by atoms with Gasteiger partial charge in [0.25, 0.3) is 5.91 Å². The van der Waals surface area contributed by atoms with Crippen LogP contribution in [0.1, 0.15) is 38.2 Å². The number of hydrogen-bond donors (Lipinski definition) is 0. The number of nitrogens with zero attached hydrogens (tertiary/aromatic N) is 2. The van der Waals surface area contributed by atoms with Crippen LogP contribution in [0.25, 0.3) is 10.9 Å². The molecule has 4 aromatic rings. The number of benzene rings is 3. The van der Waals surface area contributed by atoms with Crippen LogP contribution in [0, 0.1) is 20.8 Å². The number of carbonyl (C=O) groups excluding carboxylic acids is 1. The lowest BCUT2D eigenvalue weighted by molar-refractivity contribution is 0.0730. The van der Waals surface area contributed by atoms with E-state index in [1.165, 1.54) is 5.56 Å². The van der Waals surface area contributed by atoms with Crippen molar-refractivity contribution in [2.75, 3.05) is 0 Å². The molecular formula is C27H25ClN2O. The van der Waals surface area contributed by atoms with Gasteiger partial charge in [0.15, 0.2) is 0 Å². The number of rotatable bonds is 5. The zero-order valence-corrected chi connectivity index (χ0v) is 18.8. The van der Waals surface area contributed by atoms with Gasteiger partial charge < -0.3 is 4.90 Å². The van der Waals surface area contributed by atoms with Crippen molar-refractivity contribution in [3.05, 3.63) is 111 Å². The zero-order valence-electron chi connectivity index (χ0n) is 18.0. The van der Waals surface area contributed by atoms with Gasteiger partial charge in [-0.2, -0.15) is 0 Å². The summed E-state index contributed by atoms with van der Waals surface area (Å²) < 4.78 is 0. The third-order valence-electron chi connectivity index (χ3n) is 5.41. The average molecular weight is 429 g/mol. The zero-order chi connectivity index (χ0) is 22.0. The highest BCUT2D eigenvalue weighted by molar-refractivity contribution is 6.30. The molecule has 3 aromatic carbocycles. The summed E-state index contributed by atoms with van der Waals surface area (Å²) in [5.74, 6) is -0.0239. The van der Waals surface area contributed by atoms with E-state index >= 15 is 0 Å². The van der Waals surface area contributed by atoms with E-state index in [1.54, 1.807) is 0 Å². The summed E-state index contributed by atoms with van der Waals surface area (Å²) in [6.45, 7) is 6.99. The number of carbonyl (C=O) groups is 1. The highest BCUT2D eigenvalue weighted by Gasteiger charge is 2.19. The minimum Gasteiger partial charge on any atom is -0.330 e. The van der Waals surface area contributed by atoms with Crippen molar-refractivity contribution in [2.24, 2.45) is 0 Å². The van der Waals surface area contributed by atoms with Gasteiger partial charge in [-0.15, -0.1) is 0 Å². The van der Waals surface area contributed by atoms with Crippen LogP contribution >= 0.6 is 11.6 Å². The van der Waals surface area contributed by atoms with Gasteiger partial charge in [0.2, 0.25) is 0 Å². The molecule has 0 unspecified atom stereocenters. The molecule has 31 heavy (non-hydrogen) atoms. The molecule has 1 amide bonds. The third kappa shape index (κ3) is 4.78. The van der Waals surface area contributed by atoms with Crippen molar-refractivity contribution in [3.63, 3.8) is 0 Å². The predicted octanol–water partition coefficient (Wildman–Crippen LogP) is 6.66. The summed E-state index contributed by atoms with van der Waals surface area (Å²) in [7, 11) is 0. The van der Waals surface area contributed by atoms with Gasteiger partial charge in [0.1, 0.15) is 5.15 Å². The van der Waals surface area contributed by atoms with E-state index in [-0.39, 0.29) is 5.91 Å². The molecule has 0 radical (unpaired) electrons. The van der Waals surface area contributed by atoms with Crippen LogP contribution in [-0.4, -0.2) is 15.8 Å². The molecular weight excluding hydrogens is 404 g/mol. The summed E-state index contributed by atoms with van der Waals surface area (Å²) in [6, 6.07) is 24.0. The third-order valence-corrected chi connectivity index (χ3v) is 5.74. The molecule has 3 nitrogen and oxygen atoms in total. The first-order valence-corrected chi connectivity index (χ1v) is 10.7. The van der Waals surface area contributed by atoms with Crippen molar-refractivity contribution >= 4 is 28.4 Å². The fourth-order valence-electron chi connectivity index (χ4n) is 3.95. The van der Waals surface area contributed by atoms with Gasteiger partial charge in [0, 0.05) is 29.6 Å². The van der Waals surface area contributed by atoms with Crippen LogP contribution in [0.3, 0.4) is 0 Å². The Balaban J connectivity index is 1.73. The monoisotopic (exact) mass is 428 g/mol. The van der Waals surface area contributed by atoms with Gasteiger partial charge in [-0.05, 0) is 56.2 Å². The van der Waals surface area contributed by atoms with Crippen LogP contribution in [0.5, 0.6) is 0 Å². The number of aryl methyl sites for hydroxylation is 3.